The number of aliphatic carboxylic acids is 1. The molecule has 1 heterocycles. The fourth-order valence-electron chi connectivity index (χ4n) is 6.30. The van der Waals surface area contributed by atoms with Gasteiger partial charge in [0.05, 0.1) is 10.8 Å². The van der Waals surface area contributed by atoms with Gasteiger partial charge in [-0.25, -0.2) is 12.8 Å². The van der Waals surface area contributed by atoms with Crippen LogP contribution in [0.2, 0.25) is 0 Å². The average molecular weight is 652 g/mol. The van der Waals surface area contributed by atoms with Crippen molar-refractivity contribution in [3.8, 4) is 0 Å². The normalized spacial score (nSPS) is 23.5. The summed E-state index contributed by atoms with van der Waals surface area (Å²) in [6, 6.07) is 8.11. The Morgan fingerprint density at radius 1 is 0.909 bits per heavy atom. The summed E-state index contributed by atoms with van der Waals surface area (Å²) in [4.78, 5) is 26.0. The fourth-order valence-corrected chi connectivity index (χ4v) is 8.45. The van der Waals surface area contributed by atoms with Gasteiger partial charge >= 0.3 is 24.0 Å². The van der Waals surface area contributed by atoms with Crippen LogP contribution >= 0.6 is 0 Å². The number of carboxylic acids is 1. The van der Waals surface area contributed by atoms with Gasteiger partial charge in [-0.15, -0.1) is 0 Å². The molecule has 1 aliphatic heterocycles. The Morgan fingerprint density at radius 3 is 2.00 bits per heavy atom. The van der Waals surface area contributed by atoms with Gasteiger partial charge in [0, 0.05) is 24.6 Å². The number of sulfone groups is 1. The van der Waals surface area contributed by atoms with E-state index in [1.807, 2.05) is 6.92 Å². The van der Waals surface area contributed by atoms with Gasteiger partial charge in [0.25, 0.3) is 0 Å². The minimum Gasteiger partial charge on any atom is -0.481 e. The number of alkyl halides is 7. The molecule has 1 atom stereocenters. The van der Waals surface area contributed by atoms with Gasteiger partial charge in [-0.2, -0.15) is 26.3 Å². The first-order valence-corrected chi connectivity index (χ1v) is 15.7. The van der Waals surface area contributed by atoms with E-state index in [2.05, 4.69) is 0 Å². The van der Waals surface area contributed by atoms with E-state index in [0.29, 0.717) is 30.5 Å². The van der Waals surface area contributed by atoms with Crippen molar-refractivity contribution in [2.24, 2.45) is 11.8 Å². The van der Waals surface area contributed by atoms with Gasteiger partial charge in [-0.05, 0) is 61.8 Å². The zero-order valence-corrected chi connectivity index (χ0v) is 24.5. The number of halogens is 7. The lowest BCUT2D eigenvalue weighted by Crippen LogP contribution is -2.50. The third-order valence-electron chi connectivity index (χ3n) is 8.82. The minimum absolute atomic E-state index is 0.0779. The highest BCUT2D eigenvalue weighted by Gasteiger charge is 2.73. The highest BCUT2D eigenvalue weighted by atomic mass is 32.2. The van der Waals surface area contributed by atoms with Crippen molar-refractivity contribution in [2.45, 2.75) is 79.5 Å². The van der Waals surface area contributed by atoms with Gasteiger partial charge in [0.15, 0.2) is 9.84 Å². The molecule has 1 unspecified atom stereocenters. The van der Waals surface area contributed by atoms with Crippen LogP contribution in [-0.2, 0) is 36.3 Å². The number of rotatable bonds is 8. The highest BCUT2D eigenvalue weighted by Crippen LogP contribution is 2.54. The molecule has 44 heavy (non-hydrogen) atoms. The Bertz CT molecular complexity index is 1470. The molecule has 6 nitrogen and oxygen atoms in total. The predicted molar refractivity (Wildman–Crippen MR) is 145 cm³/mol. The second kappa shape index (κ2) is 12.0. The fraction of sp³-hybridized carbons (Fsp3) is 0.533. The number of carbonyl (C=O) groups is 2. The Balaban J connectivity index is 1.77. The van der Waals surface area contributed by atoms with Crippen LogP contribution in [0.5, 0.6) is 0 Å². The zero-order valence-electron chi connectivity index (χ0n) is 23.7. The van der Waals surface area contributed by atoms with Crippen molar-refractivity contribution in [2.75, 3.05) is 13.1 Å². The summed E-state index contributed by atoms with van der Waals surface area (Å²) in [5.74, 6) is -2.53. The number of likely N-dealkylation sites (tertiary alicyclic amines) is 1. The van der Waals surface area contributed by atoms with E-state index in [1.54, 1.807) is 6.07 Å². The van der Waals surface area contributed by atoms with Crippen LogP contribution in [0.15, 0.2) is 53.4 Å². The van der Waals surface area contributed by atoms with Crippen molar-refractivity contribution in [3.05, 3.63) is 65.2 Å². The largest absolute Gasteiger partial charge is 0.481 e. The summed E-state index contributed by atoms with van der Waals surface area (Å²) in [5.41, 5.74) is -6.93. The summed E-state index contributed by atoms with van der Waals surface area (Å²) < 4.78 is 122. The molecule has 0 spiro atoms. The number of hydrogen-bond acceptors (Lipinski definition) is 4. The highest BCUT2D eigenvalue weighted by molar-refractivity contribution is 7.92. The number of nitrogens with zero attached hydrogens (tertiary/aromatic N) is 1. The molecule has 14 heteroatoms. The maximum Gasteiger partial charge on any atom is 0.435 e. The molecular weight excluding hydrogens is 619 g/mol. The quantitative estimate of drug-likeness (QED) is 0.320. The van der Waals surface area contributed by atoms with E-state index in [1.165, 1.54) is 23.1 Å². The first kappa shape index (κ1) is 33.7. The van der Waals surface area contributed by atoms with Gasteiger partial charge in [-0.1, -0.05) is 49.7 Å². The van der Waals surface area contributed by atoms with E-state index in [0.717, 1.165) is 12.1 Å². The minimum atomic E-state index is -6.34. The number of aryl methyl sites for hydroxylation is 1. The molecule has 242 valence electrons. The SMILES string of the molecule is CCCc1cccc(S(=O)(=O)C2(c3ccc(C(F)(C(F)(F)F)C(F)(F)F)cc3)CCN(C(=O)[C@H]3CC[C@H](C(=O)O)CC3)C2)c1. The smallest absolute Gasteiger partial charge is 0.435 e. The Morgan fingerprint density at radius 2 is 1.48 bits per heavy atom. The van der Waals surface area contributed by atoms with Crippen molar-refractivity contribution >= 4 is 21.7 Å². The second-order valence-corrected chi connectivity index (χ2v) is 13.8. The molecule has 1 aliphatic carbocycles. The zero-order chi connectivity index (χ0) is 32.7. The second-order valence-electron chi connectivity index (χ2n) is 11.5. The third kappa shape index (κ3) is 5.81. The van der Waals surface area contributed by atoms with Crippen LogP contribution in [0.25, 0.3) is 0 Å². The Labute approximate surface area is 250 Å². The van der Waals surface area contributed by atoms with Gasteiger partial charge < -0.3 is 10.0 Å². The van der Waals surface area contributed by atoms with E-state index in [-0.39, 0.29) is 49.1 Å². The number of carboxylic acid groups (broad SMARTS) is 1. The van der Waals surface area contributed by atoms with Crippen molar-refractivity contribution in [3.63, 3.8) is 0 Å². The van der Waals surface area contributed by atoms with Gasteiger partial charge in [-0.3, -0.25) is 9.59 Å². The monoisotopic (exact) mass is 651 g/mol. The summed E-state index contributed by atoms with van der Waals surface area (Å²) in [7, 11) is -4.43. The molecule has 2 aromatic carbocycles. The Hall–Kier alpha value is -3.16. The van der Waals surface area contributed by atoms with Crippen LogP contribution < -0.4 is 0 Å². The third-order valence-corrected chi connectivity index (χ3v) is 11.3. The lowest BCUT2D eigenvalue weighted by molar-refractivity contribution is -0.348. The summed E-state index contributed by atoms with van der Waals surface area (Å²) >= 11 is 0. The summed E-state index contributed by atoms with van der Waals surface area (Å²) in [5, 5.41) is 9.27. The molecular formula is C30H32F7NO5S. The van der Waals surface area contributed by atoms with E-state index in [4.69, 9.17) is 0 Å². The van der Waals surface area contributed by atoms with Gasteiger partial charge in [0.1, 0.15) is 4.75 Å². The van der Waals surface area contributed by atoms with Crippen molar-refractivity contribution in [1.29, 1.82) is 0 Å². The molecule has 2 fully saturated rings. The molecule has 1 amide bonds. The number of benzene rings is 2. The van der Waals surface area contributed by atoms with Gasteiger partial charge in [0.2, 0.25) is 5.91 Å². The standard InChI is InChI=1S/C30H32F7NO5S/c1-2-4-19-5-3-6-24(17-19)44(42,43)27(15-16-38(18-27)25(39)20-7-9-21(10-8-20)26(40)41)22-11-13-23(14-12-22)28(31,29(32,33)34)30(35,36)37/h3,5-6,11-14,17,20-21H,2,4,7-10,15-16,18H2,1H3,(H,40,41)/t20-,21-,27?. The lowest BCUT2D eigenvalue weighted by Gasteiger charge is -2.33. The Kier molecular flexibility index (Phi) is 9.18. The van der Waals surface area contributed by atoms with E-state index in [9.17, 15) is 53.8 Å². The molecule has 1 saturated heterocycles. The summed E-state index contributed by atoms with van der Waals surface area (Å²) in [6.07, 6.45) is -10.6. The molecule has 0 aromatic heterocycles. The first-order chi connectivity index (χ1) is 20.4. The summed E-state index contributed by atoms with van der Waals surface area (Å²) in [6.45, 7) is 1.37. The van der Waals surface area contributed by atoms with Crippen molar-refractivity contribution < 1.29 is 53.8 Å². The maximum atomic E-state index is 14.8. The molecule has 1 N–H and O–H groups in total. The average Bonchev–Trinajstić information content (AvgIpc) is 3.43. The number of hydrogen-bond donors (Lipinski definition) is 1. The van der Waals surface area contributed by atoms with E-state index >= 15 is 0 Å². The predicted octanol–water partition coefficient (Wildman–Crippen LogP) is 6.72. The van der Waals surface area contributed by atoms with Crippen molar-refractivity contribution in [1.82, 2.24) is 4.90 Å². The molecule has 0 radical (unpaired) electrons. The molecule has 1 saturated carbocycles. The van der Waals surface area contributed by atoms with E-state index < -0.39 is 68.4 Å². The molecule has 2 aromatic rings. The molecule has 2 aliphatic rings. The topological polar surface area (TPSA) is 91.8 Å². The maximum absolute atomic E-state index is 14.8. The van der Waals surface area contributed by atoms with Crippen LogP contribution in [0.1, 0.15) is 62.1 Å². The lowest BCUT2D eigenvalue weighted by atomic mass is 9.81. The van der Waals surface area contributed by atoms with Crippen LogP contribution in [0.4, 0.5) is 30.7 Å². The van der Waals surface area contributed by atoms with Crippen LogP contribution in [0, 0.1) is 11.8 Å². The number of carbonyl (C=O) groups excluding carboxylic acids is 1. The van der Waals surface area contributed by atoms with Crippen LogP contribution in [-0.4, -0.2) is 55.7 Å². The van der Waals surface area contributed by atoms with Crippen LogP contribution in [0.3, 0.4) is 0 Å². The number of amides is 1. The molecule has 4 rings (SSSR count). The molecule has 0 bridgehead atoms. The first-order valence-electron chi connectivity index (χ1n) is 14.2.